The fourth-order valence-electron chi connectivity index (χ4n) is 3.46. The van der Waals surface area contributed by atoms with Crippen molar-refractivity contribution in [2.24, 2.45) is 0 Å². The van der Waals surface area contributed by atoms with Gasteiger partial charge in [0.2, 0.25) is 10.0 Å². The van der Waals surface area contributed by atoms with Crippen LogP contribution in [0, 0.1) is 0 Å². The molecule has 1 saturated heterocycles. The van der Waals surface area contributed by atoms with Crippen LogP contribution in [0.3, 0.4) is 0 Å². The van der Waals surface area contributed by atoms with Gasteiger partial charge < -0.3 is 10.1 Å². The van der Waals surface area contributed by atoms with E-state index in [4.69, 9.17) is 4.74 Å². The molecule has 1 aliphatic rings. The molecule has 0 bridgehead atoms. The minimum atomic E-state index is -3.53. The molecule has 10 heteroatoms. The van der Waals surface area contributed by atoms with Gasteiger partial charge in [0.1, 0.15) is 11.6 Å². The molecule has 2 aromatic heterocycles. The zero-order valence-electron chi connectivity index (χ0n) is 16.7. The Labute approximate surface area is 179 Å². The maximum Gasteiger partial charge on any atom is 0.243 e. The summed E-state index contributed by atoms with van der Waals surface area (Å²) in [5, 5.41) is 16.3. The number of nitrogens with zero attached hydrogens (tertiary/aromatic N) is 5. The lowest BCUT2D eigenvalue weighted by molar-refractivity contribution is 0.280. The van der Waals surface area contributed by atoms with Crippen LogP contribution in [0.2, 0.25) is 0 Å². The normalized spacial score (nSPS) is 15.0. The van der Waals surface area contributed by atoms with E-state index in [1.165, 1.54) is 4.31 Å². The first-order chi connectivity index (χ1) is 15.0. The Morgan fingerprint density at radius 1 is 0.968 bits per heavy atom. The quantitative estimate of drug-likeness (QED) is 0.495. The van der Waals surface area contributed by atoms with Gasteiger partial charge >= 0.3 is 0 Å². The lowest BCUT2D eigenvalue weighted by Crippen LogP contribution is -2.56. The van der Waals surface area contributed by atoms with Crippen molar-refractivity contribution in [2.75, 3.05) is 25.5 Å². The third-order valence-corrected chi connectivity index (χ3v) is 7.04. The zero-order chi connectivity index (χ0) is 21.4. The Bertz CT molecular complexity index is 1320. The highest BCUT2D eigenvalue weighted by atomic mass is 32.2. The first-order valence-corrected chi connectivity index (χ1v) is 11.2. The molecule has 9 nitrogen and oxygen atoms in total. The minimum absolute atomic E-state index is 0.0328. The molecule has 0 aliphatic carbocycles. The van der Waals surface area contributed by atoms with E-state index in [-0.39, 0.29) is 10.9 Å². The van der Waals surface area contributed by atoms with E-state index in [1.54, 1.807) is 35.9 Å². The summed E-state index contributed by atoms with van der Waals surface area (Å²) in [4.78, 5) is 0.253. The van der Waals surface area contributed by atoms with Crippen molar-refractivity contribution in [1.29, 1.82) is 0 Å². The number of hydrogen-bond donors (Lipinski definition) is 1. The number of aromatic nitrogens is 4. The van der Waals surface area contributed by atoms with Gasteiger partial charge in [-0.05, 0) is 36.4 Å². The van der Waals surface area contributed by atoms with Crippen molar-refractivity contribution in [1.82, 2.24) is 24.1 Å². The van der Waals surface area contributed by atoms with Crippen LogP contribution < -0.4 is 10.1 Å². The molecule has 3 heterocycles. The molecule has 5 rings (SSSR count). The number of methoxy groups -OCH3 is 1. The predicted molar refractivity (Wildman–Crippen MR) is 115 cm³/mol. The third-order valence-electron chi connectivity index (χ3n) is 5.19. The van der Waals surface area contributed by atoms with Gasteiger partial charge in [0.15, 0.2) is 11.5 Å². The summed E-state index contributed by atoms with van der Waals surface area (Å²) in [6.07, 6.45) is 0. The largest absolute Gasteiger partial charge is 0.497 e. The van der Waals surface area contributed by atoms with E-state index in [0.717, 1.165) is 5.56 Å². The Morgan fingerprint density at radius 3 is 2.42 bits per heavy atom. The van der Waals surface area contributed by atoms with Gasteiger partial charge in [-0.25, -0.2) is 8.42 Å². The summed E-state index contributed by atoms with van der Waals surface area (Å²) in [5.41, 5.74) is 1.56. The van der Waals surface area contributed by atoms with Crippen LogP contribution in [0.25, 0.3) is 17.0 Å². The SMILES string of the molecule is COc1ccc(S(=O)(=O)N2CC(Nc3ccc4nnc(-c5ccccc5)n4n3)C2)cc1. The molecular weight excluding hydrogens is 416 g/mol. The lowest BCUT2D eigenvalue weighted by Gasteiger charge is -2.38. The lowest BCUT2D eigenvalue weighted by atomic mass is 10.2. The van der Waals surface area contributed by atoms with E-state index < -0.39 is 10.0 Å². The van der Waals surface area contributed by atoms with Gasteiger partial charge in [0.25, 0.3) is 0 Å². The number of ether oxygens (including phenoxy) is 1. The molecule has 4 aromatic rings. The fourth-order valence-corrected chi connectivity index (χ4v) is 5.00. The first-order valence-electron chi connectivity index (χ1n) is 9.73. The van der Waals surface area contributed by atoms with E-state index >= 15 is 0 Å². The van der Waals surface area contributed by atoms with Gasteiger partial charge in [-0.15, -0.1) is 15.3 Å². The van der Waals surface area contributed by atoms with Gasteiger partial charge in [-0.1, -0.05) is 30.3 Å². The number of benzene rings is 2. The Morgan fingerprint density at radius 2 is 1.71 bits per heavy atom. The van der Waals surface area contributed by atoms with Crippen LogP contribution >= 0.6 is 0 Å². The molecule has 0 amide bonds. The summed E-state index contributed by atoms with van der Waals surface area (Å²) in [5.74, 6) is 1.90. The maximum absolute atomic E-state index is 12.8. The van der Waals surface area contributed by atoms with E-state index in [1.807, 2.05) is 42.5 Å². The summed E-state index contributed by atoms with van der Waals surface area (Å²) in [6.45, 7) is 0.726. The average molecular weight is 436 g/mol. The number of rotatable bonds is 6. The van der Waals surface area contributed by atoms with E-state index in [0.29, 0.717) is 36.1 Å². The van der Waals surface area contributed by atoms with Crippen LogP contribution in [0.15, 0.2) is 71.6 Å². The summed E-state index contributed by atoms with van der Waals surface area (Å²) < 4.78 is 33.8. The summed E-state index contributed by atoms with van der Waals surface area (Å²) in [6, 6.07) is 19.7. The standard InChI is InChI=1S/C21H20N6O3S/c1-30-17-7-9-18(10-8-17)31(28,29)26-13-16(14-26)22-19-11-12-20-23-24-21(27(20)25-19)15-5-3-2-4-6-15/h2-12,16H,13-14H2,1H3,(H,22,25). The predicted octanol–water partition coefficient (Wildman–Crippen LogP) is 2.28. The van der Waals surface area contributed by atoms with Crippen LogP contribution in [0.5, 0.6) is 5.75 Å². The molecule has 0 spiro atoms. The highest BCUT2D eigenvalue weighted by Crippen LogP contribution is 2.25. The molecule has 1 N–H and O–H groups in total. The van der Waals surface area contributed by atoms with Crippen molar-refractivity contribution in [3.05, 3.63) is 66.7 Å². The molecule has 1 aliphatic heterocycles. The second kappa shape index (κ2) is 7.64. The molecule has 1 fully saturated rings. The molecule has 0 atom stereocenters. The highest BCUT2D eigenvalue weighted by Gasteiger charge is 2.37. The van der Waals surface area contributed by atoms with Gasteiger partial charge in [-0.3, -0.25) is 0 Å². The number of hydrogen-bond acceptors (Lipinski definition) is 7. The Kier molecular flexibility index (Phi) is 4.79. The van der Waals surface area contributed by atoms with Crippen LogP contribution in [-0.4, -0.2) is 58.8 Å². The molecular formula is C21H20N6O3S. The molecule has 158 valence electrons. The molecule has 0 saturated carbocycles. The van der Waals surface area contributed by atoms with E-state index in [9.17, 15) is 8.42 Å². The summed E-state index contributed by atoms with van der Waals surface area (Å²) in [7, 11) is -1.98. The van der Waals surface area contributed by atoms with E-state index in [2.05, 4.69) is 20.6 Å². The Balaban J connectivity index is 1.29. The van der Waals surface area contributed by atoms with Crippen molar-refractivity contribution >= 4 is 21.5 Å². The van der Waals surface area contributed by atoms with Crippen LogP contribution in [0.4, 0.5) is 5.82 Å². The average Bonchev–Trinajstić information content (AvgIpc) is 3.19. The molecule has 0 unspecified atom stereocenters. The Hall–Kier alpha value is -3.50. The minimum Gasteiger partial charge on any atom is -0.497 e. The zero-order valence-corrected chi connectivity index (χ0v) is 17.5. The number of anilines is 1. The van der Waals surface area contributed by atoms with Gasteiger partial charge in [0.05, 0.1) is 18.0 Å². The summed E-state index contributed by atoms with van der Waals surface area (Å²) >= 11 is 0. The smallest absolute Gasteiger partial charge is 0.243 e. The topological polar surface area (TPSA) is 102 Å². The van der Waals surface area contributed by atoms with Crippen molar-refractivity contribution in [3.8, 4) is 17.1 Å². The van der Waals surface area contributed by atoms with Gasteiger partial charge in [-0.2, -0.15) is 8.82 Å². The fraction of sp³-hybridized carbons (Fsp3) is 0.190. The highest BCUT2D eigenvalue weighted by molar-refractivity contribution is 7.89. The molecule has 0 radical (unpaired) electrons. The second-order valence-electron chi connectivity index (χ2n) is 7.22. The van der Waals surface area contributed by atoms with Crippen molar-refractivity contribution < 1.29 is 13.2 Å². The van der Waals surface area contributed by atoms with Crippen LogP contribution in [-0.2, 0) is 10.0 Å². The number of fused-ring (bicyclic) bond motifs is 1. The number of nitrogens with one attached hydrogen (secondary N) is 1. The van der Waals surface area contributed by atoms with Crippen molar-refractivity contribution in [3.63, 3.8) is 0 Å². The van der Waals surface area contributed by atoms with Gasteiger partial charge in [0, 0.05) is 18.7 Å². The third kappa shape index (κ3) is 3.60. The van der Waals surface area contributed by atoms with Crippen molar-refractivity contribution in [2.45, 2.75) is 10.9 Å². The monoisotopic (exact) mass is 436 g/mol. The maximum atomic E-state index is 12.8. The number of sulfonamides is 1. The molecule has 2 aromatic carbocycles. The second-order valence-corrected chi connectivity index (χ2v) is 9.15. The molecule has 31 heavy (non-hydrogen) atoms. The van der Waals surface area contributed by atoms with Crippen LogP contribution in [0.1, 0.15) is 0 Å². The first kappa shape index (κ1) is 19.5.